The van der Waals surface area contributed by atoms with Crippen LogP contribution in [-0.4, -0.2) is 321 Å². The highest BCUT2D eigenvalue weighted by Gasteiger charge is 2.44. The van der Waals surface area contributed by atoms with Crippen molar-refractivity contribution in [3.8, 4) is 5.75 Å². The van der Waals surface area contributed by atoms with Gasteiger partial charge in [0.25, 0.3) is 0 Å². The average molecular weight is 1930 g/mol. The molecule has 16 amide bonds. The van der Waals surface area contributed by atoms with Gasteiger partial charge in [0.2, 0.25) is 101 Å². The van der Waals surface area contributed by atoms with E-state index >= 15 is 24.0 Å². The molecule has 47 nitrogen and oxygen atoms in total. The lowest BCUT2D eigenvalue weighted by Gasteiger charge is -2.34. The highest BCUT2D eigenvalue weighted by atomic mass is 35.5. The molecule has 0 saturated carbocycles. The number of aliphatic hydroxyl groups excluding tert-OH is 6. The van der Waals surface area contributed by atoms with Crippen molar-refractivity contribution in [1.29, 1.82) is 0 Å². The molecular weight excluding hydrogens is 1810 g/mol. The number of benzene rings is 3. The Morgan fingerprint density at radius 1 is 0.640 bits per heavy atom. The van der Waals surface area contributed by atoms with Gasteiger partial charge in [-0.15, -0.1) is 0 Å². The SMILES string of the molecule is CNCCC(=O)NCCC[C@H](NC(=O)CCNC(=O)/C=C\C=C\C(C)C)C(=O)NC(CC(O)c1ccccc1)C(=O)NC(C(=O)N[C@@H](Cc1ccc(OC2OC[C@H](O)[C@H](O)[C@H]2O)cc1)C(=O)NC1C(=O)N[C@H](CC(C)C)C(=O)N[C@@H](CC(=O)O)C(=O)NCC(=O)N[C@@H](CO)C(=O)NCC(=O)N[C@@H](CC(=O)c2ccc(Cl)cc2N)C(=O)N[C@@H](C)C(=O)N2CCC[C@H]2C(=O)NC1C)C(O)CC(=O)O. The first-order chi connectivity index (χ1) is 64.4. The number of ether oxygens (including phenoxy) is 2. The number of hydrogen-bond acceptors (Lipinski definition) is 29. The molecule has 7 unspecified atom stereocenters. The Kier molecular flexibility index (Phi) is 45.6. The number of nitrogens with zero attached hydrogens (tertiary/aromatic N) is 1. The summed E-state index contributed by atoms with van der Waals surface area (Å²) in [6.45, 7) is 5.34. The van der Waals surface area contributed by atoms with Crippen LogP contribution >= 0.6 is 11.6 Å². The number of halogens is 1. The fraction of sp³-hybridized carbons (Fsp3) is 0.534. The highest BCUT2D eigenvalue weighted by molar-refractivity contribution is 6.31. The van der Waals surface area contributed by atoms with Crippen LogP contribution in [0.1, 0.15) is 140 Å². The third-order valence-electron chi connectivity index (χ3n) is 21.5. The van der Waals surface area contributed by atoms with Crippen LogP contribution in [0, 0.1) is 11.8 Å². The normalized spacial score (nSPS) is 22.9. The molecule has 3 aliphatic rings. The molecule has 18 atom stereocenters. The zero-order valence-corrected chi connectivity index (χ0v) is 76.7. The number of aliphatic carboxylic acids is 2. The average Bonchev–Trinajstić information content (AvgIpc) is 1.59. The van der Waals surface area contributed by atoms with E-state index < -0.39 is 293 Å². The van der Waals surface area contributed by atoms with E-state index in [-0.39, 0.29) is 96.7 Å². The van der Waals surface area contributed by atoms with E-state index in [0.717, 1.165) is 11.8 Å². The summed E-state index contributed by atoms with van der Waals surface area (Å²) < 4.78 is 11.2. The monoisotopic (exact) mass is 1930 g/mol. The second-order valence-corrected chi connectivity index (χ2v) is 33.9. The Hall–Kier alpha value is -13.2. The molecule has 26 N–H and O–H groups in total. The predicted molar refractivity (Wildman–Crippen MR) is 481 cm³/mol. The number of anilines is 1. The van der Waals surface area contributed by atoms with Crippen LogP contribution in [0.5, 0.6) is 5.75 Å². The summed E-state index contributed by atoms with van der Waals surface area (Å²) in [6.07, 6.45) is -10.7. The number of ketones is 1. The van der Waals surface area contributed by atoms with Crippen molar-refractivity contribution in [3.63, 3.8) is 0 Å². The maximum atomic E-state index is 15.8. The van der Waals surface area contributed by atoms with Gasteiger partial charge in [0, 0.05) is 80.6 Å². The molecule has 3 aliphatic heterocycles. The van der Waals surface area contributed by atoms with Crippen molar-refractivity contribution >= 4 is 130 Å². The van der Waals surface area contributed by atoms with E-state index in [4.69, 9.17) is 26.8 Å². The van der Waals surface area contributed by atoms with Crippen LogP contribution in [0.2, 0.25) is 5.02 Å². The first-order valence-corrected chi connectivity index (χ1v) is 44.4. The van der Waals surface area contributed by atoms with Gasteiger partial charge in [0.1, 0.15) is 90.5 Å². The molecule has 0 bridgehead atoms. The molecule has 136 heavy (non-hydrogen) atoms. The lowest BCUT2D eigenvalue weighted by molar-refractivity contribution is -0.242. The molecule has 48 heteroatoms. The number of carboxylic acids is 2. The topological polar surface area (TPSA) is 726 Å². The molecule has 0 aliphatic carbocycles. The number of hydrogen-bond donors (Lipinski definition) is 25. The Bertz CT molecular complexity index is 4760. The number of rotatable bonds is 40. The number of nitrogens with two attached hydrogens (primary N) is 1. The Morgan fingerprint density at radius 2 is 1.26 bits per heavy atom. The van der Waals surface area contributed by atoms with E-state index in [2.05, 4.69) is 85.1 Å². The van der Waals surface area contributed by atoms with E-state index in [9.17, 15) is 108 Å². The molecule has 3 heterocycles. The molecule has 3 fully saturated rings. The zero-order valence-electron chi connectivity index (χ0n) is 76.0. The van der Waals surface area contributed by atoms with Gasteiger partial charge in [-0.25, -0.2) is 0 Å². The van der Waals surface area contributed by atoms with Gasteiger partial charge in [-0.3, -0.25) is 91.1 Å². The second kappa shape index (κ2) is 55.6. The molecule has 3 saturated heterocycles. The van der Waals surface area contributed by atoms with E-state index in [1.807, 2.05) is 19.9 Å². The summed E-state index contributed by atoms with van der Waals surface area (Å²) in [7, 11) is 1.63. The minimum atomic E-state index is -2.53. The smallest absolute Gasteiger partial charge is 0.306 e. The first-order valence-electron chi connectivity index (χ1n) is 44.0. The molecule has 0 aromatic heterocycles. The first kappa shape index (κ1) is 112. The molecule has 746 valence electrons. The quantitative estimate of drug-likeness (QED) is 0.00827. The molecule has 0 spiro atoms. The maximum Gasteiger partial charge on any atom is 0.306 e. The second-order valence-electron chi connectivity index (χ2n) is 33.4. The number of amides is 16. The van der Waals surface area contributed by atoms with Crippen LogP contribution in [0.25, 0.3) is 0 Å². The van der Waals surface area contributed by atoms with Gasteiger partial charge in [0.05, 0.1) is 57.4 Å². The Morgan fingerprint density at radius 3 is 1.90 bits per heavy atom. The van der Waals surface area contributed by atoms with Gasteiger partial charge >= 0.3 is 11.9 Å². The van der Waals surface area contributed by atoms with E-state index in [1.165, 1.54) is 85.8 Å². The highest BCUT2D eigenvalue weighted by Crippen LogP contribution is 2.26. The van der Waals surface area contributed by atoms with Gasteiger partial charge in [-0.05, 0) is 106 Å². The fourth-order valence-corrected chi connectivity index (χ4v) is 14.4. The summed E-state index contributed by atoms with van der Waals surface area (Å²) in [5, 5.41) is 124. The van der Waals surface area contributed by atoms with Crippen LogP contribution < -0.4 is 95.5 Å². The predicted octanol–water partition coefficient (Wildman–Crippen LogP) is -6.58. The minimum absolute atomic E-state index is 0.00308. The number of carbonyl (C=O) groups is 19. The van der Waals surface area contributed by atoms with Crippen LogP contribution in [-0.2, 0) is 97.5 Å². The van der Waals surface area contributed by atoms with E-state index in [0.29, 0.717) is 6.54 Å². The third kappa shape index (κ3) is 36.9. The standard InChI is InChI=1S/C88H123ClN18O29/c1-44(2)15-11-12-20-66(113)93-31-28-68(115)98-54(18-13-29-92-67(114)27-30-91-7)79(126)101-58(36-62(109)49-16-9-8-10-17-49)83(130)106-74(64(111)39-72(120)121)86(133)104-56(34-48-21-24-51(25-22-48)136-88-76(123)75(122)65(112)43-135-88)82(129)105-73-46(5)96-84(131)61-19-14-32-107(61)87(134)47(6)97-80(127)57(37-63(110)52-26-23-50(89)35-53(52)90)99-69(116)40-95-78(125)60(42-108)100-70(117)41-94-77(124)59(38-71(118)119)102-81(128)55(33-45(3)4)103-85(73)132/h8-12,15-17,20-26,35,44-47,54-62,64-65,73-76,88,91,108-109,111-112,122-123H,13-14,18-19,27-34,36-43,90H2,1-7H3,(H,92,114)(H,93,113)(H,94,124)(H,95,125)(H,96,131)(H,97,127)(H,98,115)(H,99,116)(H,100,117)(H,101,126)(H,102,128)(H,103,132)(H,104,133)(H,105,129)(H,106,130)(H,118,119)(H,120,121)/b15-11+,20-12-/t46?,47-,54-,55+,56-,57-,58?,59-,60-,61-,62?,64?,65-,73?,74?,75-,76+,88?/m0/s1. The fourth-order valence-electron chi connectivity index (χ4n) is 14.2. The summed E-state index contributed by atoms with van der Waals surface area (Å²) in [4.78, 5) is 269. The van der Waals surface area contributed by atoms with Gasteiger partial charge in [-0.1, -0.05) is 100.0 Å². The molecular formula is C88H123ClN18O29. The third-order valence-corrected chi connectivity index (χ3v) is 21.7. The summed E-state index contributed by atoms with van der Waals surface area (Å²) in [5.74, 6) is -23.2. The Labute approximate surface area is 787 Å². The zero-order chi connectivity index (χ0) is 101. The van der Waals surface area contributed by atoms with Crippen molar-refractivity contribution in [1.82, 2.24) is 90.0 Å². The number of aliphatic hydroxyl groups is 6. The van der Waals surface area contributed by atoms with Gasteiger partial charge < -0.3 is 146 Å². The molecule has 3 aromatic carbocycles. The van der Waals surface area contributed by atoms with Crippen molar-refractivity contribution in [2.45, 2.75) is 228 Å². The molecule has 6 rings (SSSR count). The Balaban J connectivity index is 1.46. The van der Waals surface area contributed by atoms with Gasteiger partial charge in [0.15, 0.2) is 5.78 Å². The lowest BCUT2D eigenvalue weighted by atomic mass is 9.99. The number of carboxylic acid groups (broad SMARTS) is 2. The van der Waals surface area contributed by atoms with Crippen LogP contribution in [0.15, 0.2) is 97.1 Å². The summed E-state index contributed by atoms with van der Waals surface area (Å²) in [5.41, 5.74) is 5.97. The maximum absolute atomic E-state index is 15.8. The minimum Gasteiger partial charge on any atom is -0.481 e. The largest absolute Gasteiger partial charge is 0.481 e. The number of allylic oxidation sites excluding steroid dienone is 3. The summed E-state index contributed by atoms with van der Waals surface area (Å²) >= 11 is 6.08. The van der Waals surface area contributed by atoms with Crippen molar-refractivity contribution in [2.24, 2.45) is 11.8 Å². The lowest BCUT2D eigenvalue weighted by Crippen LogP contribution is -2.65. The number of carbonyl (C=O) groups excluding carboxylic acids is 17. The summed E-state index contributed by atoms with van der Waals surface area (Å²) in [6, 6.07) is -6.95. The number of fused-ring (bicyclic) bond motifs is 1. The molecule has 0 radical (unpaired) electrons. The number of nitrogens with one attached hydrogen (secondary N) is 16. The van der Waals surface area contributed by atoms with Gasteiger partial charge in [-0.2, -0.15) is 0 Å². The number of Topliss-reactive ketones (excluding diaryl/α,β-unsaturated/α-hetero) is 1. The van der Waals surface area contributed by atoms with Crippen molar-refractivity contribution in [2.75, 3.05) is 65.3 Å². The molecule has 3 aromatic rings. The van der Waals surface area contributed by atoms with Crippen molar-refractivity contribution < 1.29 is 141 Å². The number of nitrogen functional groups attached to an aromatic ring is 1. The van der Waals surface area contributed by atoms with Crippen LogP contribution in [0.3, 0.4) is 0 Å². The van der Waals surface area contributed by atoms with Crippen molar-refractivity contribution in [3.05, 3.63) is 119 Å². The van der Waals surface area contributed by atoms with E-state index in [1.54, 1.807) is 33.0 Å². The van der Waals surface area contributed by atoms with Crippen LogP contribution in [0.4, 0.5) is 5.69 Å².